The van der Waals surface area contributed by atoms with Crippen LogP contribution in [0.1, 0.15) is 13.3 Å². The Morgan fingerprint density at radius 3 is 2.44 bits per heavy atom. The lowest BCUT2D eigenvalue weighted by atomic mass is 10.0. The molecule has 1 N–H and O–H groups in total. The van der Waals surface area contributed by atoms with Crippen LogP contribution in [0.2, 0.25) is 0 Å². The van der Waals surface area contributed by atoms with Gasteiger partial charge in [0.2, 0.25) is 5.91 Å². The summed E-state index contributed by atoms with van der Waals surface area (Å²) in [5.74, 6) is -0.761. The van der Waals surface area contributed by atoms with E-state index in [9.17, 15) is 22.4 Å². The highest BCUT2D eigenvalue weighted by Crippen LogP contribution is 2.27. The Labute approximate surface area is 185 Å². The molecule has 0 bridgehead atoms. The highest BCUT2D eigenvalue weighted by molar-refractivity contribution is 7.92. The SMILES string of the molecule is CNC(=O)[C@@](C)(CCn1cnc2cc(-c3ccc(OC)cc3)cc(F)c2c1=O)S(C)(=O)=O. The number of hydrogen-bond acceptors (Lipinski definition) is 6. The van der Waals surface area contributed by atoms with Crippen molar-refractivity contribution in [3.8, 4) is 16.9 Å². The first-order valence-electron chi connectivity index (χ1n) is 9.76. The van der Waals surface area contributed by atoms with E-state index in [1.807, 2.05) is 0 Å². The van der Waals surface area contributed by atoms with Crippen molar-refractivity contribution in [3.05, 3.63) is 58.9 Å². The summed E-state index contributed by atoms with van der Waals surface area (Å²) in [4.78, 5) is 29.3. The third-order valence-electron chi connectivity index (χ3n) is 5.66. The lowest BCUT2D eigenvalue weighted by molar-refractivity contribution is -0.123. The predicted octanol–water partition coefficient (Wildman–Crippen LogP) is 2.15. The topological polar surface area (TPSA) is 107 Å². The summed E-state index contributed by atoms with van der Waals surface area (Å²) in [5, 5.41) is 2.14. The molecule has 1 atom stereocenters. The maximum Gasteiger partial charge on any atom is 0.264 e. The first-order valence-corrected chi connectivity index (χ1v) is 11.7. The molecule has 8 nitrogen and oxygen atoms in total. The van der Waals surface area contributed by atoms with Crippen molar-refractivity contribution < 1.29 is 22.3 Å². The van der Waals surface area contributed by atoms with E-state index in [-0.39, 0.29) is 23.9 Å². The Hall–Kier alpha value is -3.27. The number of sulfone groups is 1. The van der Waals surface area contributed by atoms with E-state index in [2.05, 4.69) is 10.3 Å². The molecule has 3 aromatic rings. The predicted molar refractivity (Wildman–Crippen MR) is 120 cm³/mol. The zero-order valence-electron chi connectivity index (χ0n) is 18.2. The minimum absolute atomic E-state index is 0.127. The second-order valence-corrected chi connectivity index (χ2v) is 10.1. The van der Waals surface area contributed by atoms with Gasteiger partial charge in [-0.15, -0.1) is 0 Å². The van der Waals surface area contributed by atoms with Gasteiger partial charge >= 0.3 is 0 Å². The van der Waals surface area contributed by atoms with Crippen LogP contribution in [-0.2, 0) is 21.2 Å². The van der Waals surface area contributed by atoms with Gasteiger partial charge in [0.05, 0.1) is 19.0 Å². The van der Waals surface area contributed by atoms with E-state index in [4.69, 9.17) is 4.74 Å². The number of halogens is 1. The maximum atomic E-state index is 14.9. The molecule has 0 aliphatic heterocycles. The molecule has 0 unspecified atom stereocenters. The van der Waals surface area contributed by atoms with Gasteiger partial charge in [0, 0.05) is 19.8 Å². The number of hydrogen-bond donors (Lipinski definition) is 1. The van der Waals surface area contributed by atoms with Crippen LogP contribution in [0.4, 0.5) is 4.39 Å². The molecule has 0 fully saturated rings. The number of benzene rings is 2. The summed E-state index contributed by atoms with van der Waals surface area (Å²) in [5.41, 5.74) is 0.800. The summed E-state index contributed by atoms with van der Waals surface area (Å²) in [6.45, 7) is 1.17. The first-order chi connectivity index (χ1) is 15.0. The zero-order chi connectivity index (χ0) is 23.7. The summed E-state index contributed by atoms with van der Waals surface area (Å²) in [7, 11) is -0.895. The van der Waals surface area contributed by atoms with Crippen molar-refractivity contribution in [1.82, 2.24) is 14.9 Å². The molecular weight excluding hydrogens is 437 g/mol. The van der Waals surface area contributed by atoms with Gasteiger partial charge in [-0.05, 0) is 48.7 Å². The minimum atomic E-state index is -3.78. The van der Waals surface area contributed by atoms with Crippen molar-refractivity contribution >= 4 is 26.6 Å². The van der Waals surface area contributed by atoms with Crippen molar-refractivity contribution in [2.45, 2.75) is 24.6 Å². The van der Waals surface area contributed by atoms with Crippen molar-refractivity contribution in [2.75, 3.05) is 20.4 Å². The molecule has 0 aliphatic carbocycles. The Morgan fingerprint density at radius 2 is 1.88 bits per heavy atom. The molecular formula is C22H24FN3O5S. The van der Waals surface area contributed by atoms with Crippen LogP contribution in [0.25, 0.3) is 22.0 Å². The molecule has 0 radical (unpaired) electrons. The molecule has 10 heteroatoms. The fraction of sp³-hybridized carbons (Fsp3) is 0.318. The Kier molecular flexibility index (Phi) is 6.36. The molecule has 0 saturated carbocycles. The summed E-state index contributed by atoms with van der Waals surface area (Å²) >= 11 is 0. The maximum absolute atomic E-state index is 14.9. The number of nitrogens with zero attached hydrogens (tertiary/aromatic N) is 2. The van der Waals surface area contributed by atoms with Crippen LogP contribution in [0.3, 0.4) is 0 Å². The number of amides is 1. The Balaban J connectivity index is 1.99. The van der Waals surface area contributed by atoms with Crippen LogP contribution in [0, 0.1) is 5.82 Å². The number of nitrogens with one attached hydrogen (secondary N) is 1. The molecule has 2 aromatic carbocycles. The fourth-order valence-electron chi connectivity index (χ4n) is 3.41. The van der Waals surface area contributed by atoms with E-state index >= 15 is 0 Å². The lowest BCUT2D eigenvalue weighted by Crippen LogP contribution is -2.49. The van der Waals surface area contributed by atoms with Crippen LogP contribution in [-0.4, -0.2) is 49.0 Å². The smallest absolute Gasteiger partial charge is 0.264 e. The number of rotatable bonds is 7. The fourth-order valence-corrected chi connectivity index (χ4v) is 4.31. The number of aryl methyl sites for hydroxylation is 1. The van der Waals surface area contributed by atoms with E-state index in [0.29, 0.717) is 11.3 Å². The quantitative estimate of drug-likeness (QED) is 0.578. The van der Waals surface area contributed by atoms with Crippen LogP contribution >= 0.6 is 0 Å². The van der Waals surface area contributed by atoms with E-state index in [0.717, 1.165) is 16.4 Å². The van der Waals surface area contributed by atoms with Gasteiger partial charge in [-0.1, -0.05) is 12.1 Å². The lowest BCUT2D eigenvalue weighted by Gasteiger charge is -2.25. The molecule has 0 spiro atoms. The van der Waals surface area contributed by atoms with Gasteiger partial charge in [0.1, 0.15) is 21.7 Å². The van der Waals surface area contributed by atoms with Gasteiger partial charge in [-0.2, -0.15) is 0 Å². The Bertz CT molecular complexity index is 1340. The normalized spacial score (nSPS) is 13.5. The molecule has 1 aromatic heterocycles. The largest absolute Gasteiger partial charge is 0.497 e. The second-order valence-electron chi connectivity index (χ2n) is 7.66. The average Bonchev–Trinajstić information content (AvgIpc) is 2.76. The van der Waals surface area contributed by atoms with Crippen LogP contribution in [0.5, 0.6) is 5.75 Å². The minimum Gasteiger partial charge on any atom is -0.497 e. The van der Waals surface area contributed by atoms with Gasteiger partial charge in [-0.25, -0.2) is 17.8 Å². The van der Waals surface area contributed by atoms with Crippen molar-refractivity contribution in [2.24, 2.45) is 0 Å². The van der Waals surface area contributed by atoms with Crippen LogP contribution < -0.4 is 15.6 Å². The number of carbonyl (C=O) groups is 1. The molecule has 3 rings (SSSR count). The Morgan fingerprint density at radius 1 is 1.22 bits per heavy atom. The number of fused-ring (bicyclic) bond motifs is 1. The first kappa shape index (κ1) is 23.4. The number of carbonyl (C=O) groups excluding carboxylic acids is 1. The third-order valence-corrected chi connectivity index (χ3v) is 7.69. The number of methoxy groups -OCH3 is 1. The van der Waals surface area contributed by atoms with Crippen molar-refractivity contribution in [1.29, 1.82) is 0 Å². The number of ether oxygens (including phenoxy) is 1. The number of aromatic nitrogens is 2. The highest BCUT2D eigenvalue weighted by atomic mass is 32.2. The average molecular weight is 462 g/mol. The van der Waals surface area contributed by atoms with E-state index in [1.54, 1.807) is 37.4 Å². The van der Waals surface area contributed by atoms with Gasteiger partial charge < -0.3 is 10.1 Å². The molecule has 1 heterocycles. The van der Waals surface area contributed by atoms with Crippen LogP contribution in [0.15, 0.2) is 47.5 Å². The molecule has 1 amide bonds. The summed E-state index contributed by atoms with van der Waals surface area (Å²) < 4.78 is 43.8. The summed E-state index contributed by atoms with van der Waals surface area (Å²) in [6.07, 6.45) is 2.02. The second kappa shape index (κ2) is 8.70. The standard InChI is InChI=1S/C22H24FN3O5S/c1-22(21(28)24-2,32(4,29)30)9-10-26-13-25-18-12-15(11-17(23)19(18)20(26)27)14-5-7-16(31-3)8-6-14/h5-8,11-13H,9-10H2,1-4H3,(H,24,28)/t22-/m1/s1. The monoisotopic (exact) mass is 461 g/mol. The third kappa shape index (κ3) is 4.22. The molecule has 32 heavy (non-hydrogen) atoms. The molecule has 0 saturated heterocycles. The highest BCUT2D eigenvalue weighted by Gasteiger charge is 2.42. The van der Waals surface area contributed by atoms with Gasteiger partial charge in [0.25, 0.3) is 5.56 Å². The van der Waals surface area contributed by atoms with E-state index < -0.39 is 31.9 Å². The summed E-state index contributed by atoms with van der Waals surface area (Å²) in [6, 6.07) is 9.89. The molecule has 0 aliphatic rings. The van der Waals surface area contributed by atoms with Gasteiger partial charge in [0.15, 0.2) is 9.84 Å². The van der Waals surface area contributed by atoms with E-state index in [1.165, 1.54) is 26.4 Å². The van der Waals surface area contributed by atoms with Gasteiger partial charge in [-0.3, -0.25) is 14.2 Å². The van der Waals surface area contributed by atoms with Crippen molar-refractivity contribution in [3.63, 3.8) is 0 Å². The zero-order valence-corrected chi connectivity index (χ0v) is 19.0. The molecule has 170 valence electrons.